The van der Waals surface area contributed by atoms with Crippen molar-refractivity contribution in [1.82, 2.24) is 15.1 Å². The number of hydrogen-bond acceptors (Lipinski definition) is 4. The number of rotatable bonds is 2. The summed E-state index contributed by atoms with van der Waals surface area (Å²) in [4.78, 5) is 10.9. The quantitative estimate of drug-likeness (QED) is 0.582. The molecule has 0 spiro atoms. The molecule has 76 valence electrons. The third kappa shape index (κ3) is 1.63. The molecule has 1 aliphatic rings. The minimum atomic E-state index is 0.0667. The molecule has 0 aliphatic carbocycles. The summed E-state index contributed by atoms with van der Waals surface area (Å²) in [6.45, 7) is 0.634. The summed E-state index contributed by atoms with van der Waals surface area (Å²) in [5, 5.41) is 10.00. The molecule has 0 saturated carbocycles. The number of aryl methyl sites for hydroxylation is 1. The number of nitrogens with zero attached hydrogens (tertiary/aromatic N) is 2. The van der Waals surface area contributed by atoms with Crippen LogP contribution in [-0.4, -0.2) is 28.3 Å². The Morgan fingerprint density at radius 1 is 1.79 bits per heavy atom. The molecule has 6 heteroatoms. The fourth-order valence-electron chi connectivity index (χ4n) is 1.52. The molecule has 1 aromatic rings. The molecule has 14 heavy (non-hydrogen) atoms. The largest absolute Gasteiger partial charge is 0.394 e. The highest BCUT2D eigenvalue weighted by atomic mass is 16.1. The van der Waals surface area contributed by atoms with Crippen LogP contribution in [0, 0.1) is 0 Å². The van der Waals surface area contributed by atoms with Gasteiger partial charge >= 0.3 is 0 Å². The van der Waals surface area contributed by atoms with Crippen molar-refractivity contribution >= 4 is 17.4 Å². The van der Waals surface area contributed by atoms with Gasteiger partial charge in [0.2, 0.25) is 5.91 Å². The van der Waals surface area contributed by atoms with Gasteiger partial charge in [-0.25, -0.2) is 0 Å². The topological polar surface area (TPSA) is 85.0 Å². The summed E-state index contributed by atoms with van der Waals surface area (Å²) < 4.78 is 1.64. The van der Waals surface area contributed by atoms with Gasteiger partial charge in [-0.15, -0.1) is 0 Å². The van der Waals surface area contributed by atoms with Crippen molar-refractivity contribution in [3.05, 3.63) is 6.20 Å². The maximum Gasteiger partial charge on any atom is 0.222 e. The third-order valence-electron chi connectivity index (χ3n) is 2.18. The molecule has 1 atom stereocenters. The molecule has 1 unspecified atom stereocenters. The molecule has 1 aliphatic heterocycles. The predicted molar refractivity (Wildman–Crippen MR) is 52.7 cm³/mol. The van der Waals surface area contributed by atoms with Crippen LogP contribution in [0.25, 0.3) is 0 Å². The number of amides is 1. The second kappa shape index (κ2) is 3.21. The first-order valence-electron chi connectivity index (χ1n) is 4.47. The van der Waals surface area contributed by atoms with Crippen molar-refractivity contribution in [3.63, 3.8) is 0 Å². The summed E-state index contributed by atoms with van der Waals surface area (Å²) in [6.07, 6.45) is 2.21. The molecule has 2 rings (SSSR count). The van der Waals surface area contributed by atoms with Gasteiger partial charge in [-0.3, -0.25) is 9.48 Å². The zero-order chi connectivity index (χ0) is 10.1. The van der Waals surface area contributed by atoms with E-state index in [9.17, 15) is 4.79 Å². The molecular weight excluding hydrogens is 182 g/mol. The maximum atomic E-state index is 10.9. The second-order valence-corrected chi connectivity index (χ2v) is 3.46. The summed E-state index contributed by atoms with van der Waals surface area (Å²) >= 11 is 0. The van der Waals surface area contributed by atoms with Crippen LogP contribution in [-0.2, 0) is 11.8 Å². The fraction of sp³-hybridized carbons (Fsp3) is 0.500. The van der Waals surface area contributed by atoms with Crippen molar-refractivity contribution < 1.29 is 4.79 Å². The lowest BCUT2D eigenvalue weighted by Crippen LogP contribution is -2.23. The standard InChI is InChI=1S/C8H13N5O/c1-13-4-6(9)8(12-13)11-5-2-7(14)10-3-5/h4-5H,2-3,9H2,1H3,(H,10,14)(H,11,12). The average molecular weight is 195 g/mol. The SMILES string of the molecule is Cn1cc(N)c(NC2CNC(=O)C2)n1. The Bertz CT molecular complexity index is 359. The van der Waals surface area contributed by atoms with E-state index in [2.05, 4.69) is 15.7 Å². The first kappa shape index (κ1) is 8.86. The van der Waals surface area contributed by atoms with Crippen LogP contribution in [0.5, 0.6) is 0 Å². The summed E-state index contributed by atoms with van der Waals surface area (Å²) in [5.74, 6) is 0.714. The van der Waals surface area contributed by atoms with E-state index in [1.807, 2.05) is 0 Å². The van der Waals surface area contributed by atoms with Crippen LogP contribution in [0.4, 0.5) is 11.5 Å². The molecule has 0 radical (unpaired) electrons. The molecule has 1 aromatic heterocycles. The summed E-state index contributed by atoms with van der Waals surface area (Å²) in [6, 6.07) is 0.0969. The molecule has 0 aromatic carbocycles. The Hall–Kier alpha value is -1.72. The number of nitrogens with two attached hydrogens (primary N) is 1. The molecule has 1 saturated heterocycles. The van der Waals surface area contributed by atoms with Crippen LogP contribution >= 0.6 is 0 Å². The number of carbonyl (C=O) groups is 1. The Morgan fingerprint density at radius 2 is 2.57 bits per heavy atom. The minimum Gasteiger partial charge on any atom is -0.394 e. The van der Waals surface area contributed by atoms with Gasteiger partial charge in [0.1, 0.15) is 0 Å². The Balaban J connectivity index is 2.04. The third-order valence-corrected chi connectivity index (χ3v) is 2.18. The zero-order valence-corrected chi connectivity index (χ0v) is 7.95. The molecule has 1 fully saturated rings. The maximum absolute atomic E-state index is 10.9. The number of nitrogens with one attached hydrogen (secondary N) is 2. The van der Waals surface area contributed by atoms with Crippen LogP contribution in [0.1, 0.15) is 6.42 Å². The molecule has 4 N–H and O–H groups in total. The van der Waals surface area contributed by atoms with E-state index in [0.29, 0.717) is 24.5 Å². The van der Waals surface area contributed by atoms with Crippen molar-refractivity contribution in [2.45, 2.75) is 12.5 Å². The molecular formula is C8H13N5O. The number of carbonyl (C=O) groups excluding carboxylic acids is 1. The monoisotopic (exact) mass is 195 g/mol. The molecule has 2 heterocycles. The normalized spacial score (nSPS) is 20.9. The van der Waals surface area contributed by atoms with Crippen LogP contribution in [0.15, 0.2) is 6.20 Å². The van der Waals surface area contributed by atoms with Gasteiger partial charge in [0, 0.05) is 26.2 Å². The van der Waals surface area contributed by atoms with E-state index < -0.39 is 0 Å². The summed E-state index contributed by atoms with van der Waals surface area (Å²) in [5.41, 5.74) is 6.31. The van der Waals surface area contributed by atoms with E-state index in [1.54, 1.807) is 17.9 Å². The number of aromatic nitrogens is 2. The van der Waals surface area contributed by atoms with Gasteiger partial charge in [0.25, 0.3) is 0 Å². The van der Waals surface area contributed by atoms with Crippen LogP contribution in [0.3, 0.4) is 0 Å². The first-order chi connectivity index (χ1) is 6.65. The van der Waals surface area contributed by atoms with E-state index in [-0.39, 0.29) is 11.9 Å². The van der Waals surface area contributed by atoms with E-state index in [0.717, 1.165) is 0 Å². The summed E-state index contributed by atoms with van der Waals surface area (Å²) in [7, 11) is 1.81. The van der Waals surface area contributed by atoms with Gasteiger partial charge < -0.3 is 16.4 Å². The fourth-order valence-corrected chi connectivity index (χ4v) is 1.52. The highest BCUT2D eigenvalue weighted by molar-refractivity contribution is 5.80. The number of hydrogen-bond donors (Lipinski definition) is 3. The highest BCUT2D eigenvalue weighted by Gasteiger charge is 2.22. The van der Waals surface area contributed by atoms with Gasteiger partial charge in [0.15, 0.2) is 5.82 Å². The second-order valence-electron chi connectivity index (χ2n) is 3.46. The number of nitrogen functional groups attached to an aromatic ring is 1. The van der Waals surface area contributed by atoms with Gasteiger partial charge in [-0.1, -0.05) is 0 Å². The van der Waals surface area contributed by atoms with Gasteiger partial charge in [-0.2, -0.15) is 5.10 Å². The smallest absolute Gasteiger partial charge is 0.222 e. The Labute approximate surface area is 81.5 Å². The van der Waals surface area contributed by atoms with Gasteiger partial charge in [-0.05, 0) is 0 Å². The van der Waals surface area contributed by atoms with Crippen molar-refractivity contribution in [2.24, 2.45) is 7.05 Å². The van der Waals surface area contributed by atoms with E-state index in [1.165, 1.54) is 0 Å². The number of anilines is 2. The highest BCUT2D eigenvalue weighted by Crippen LogP contribution is 2.17. The minimum absolute atomic E-state index is 0.0667. The lowest BCUT2D eigenvalue weighted by atomic mass is 10.2. The van der Waals surface area contributed by atoms with E-state index in [4.69, 9.17) is 5.73 Å². The Morgan fingerprint density at radius 3 is 3.07 bits per heavy atom. The first-order valence-corrected chi connectivity index (χ1v) is 4.47. The molecule has 0 bridgehead atoms. The lowest BCUT2D eigenvalue weighted by molar-refractivity contribution is -0.119. The van der Waals surface area contributed by atoms with Crippen LogP contribution in [0.2, 0.25) is 0 Å². The molecule has 1 amide bonds. The molecule has 6 nitrogen and oxygen atoms in total. The zero-order valence-electron chi connectivity index (χ0n) is 7.95. The van der Waals surface area contributed by atoms with Gasteiger partial charge in [0.05, 0.1) is 11.7 Å². The Kier molecular flexibility index (Phi) is 2.03. The van der Waals surface area contributed by atoms with Crippen molar-refractivity contribution in [2.75, 3.05) is 17.6 Å². The lowest BCUT2D eigenvalue weighted by Gasteiger charge is -2.09. The van der Waals surface area contributed by atoms with E-state index >= 15 is 0 Å². The van der Waals surface area contributed by atoms with Crippen LogP contribution < -0.4 is 16.4 Å². The van der Waals surface area contributed by atoms with Crippen molar-refractivity contribution in [3.8, 4) is 0 Å². The average Bonchev–Trinajstić information content (AvgIpc) is 2.61. The van der Waals surface area contributed by atoms with Crippen molar-refractivity contribution in [1.29, 1.82) is 0 Å². The predicted octanol–water partition coefficient (Wildman–Crippen LogP) is -0.697.